The number of nitrogens with one attached hydrogen (secondary N) is 1. The number of hydrogen-bond acceptors (Lipinski definition) is 4. The highest BCUT2D eigenvalue weighted by atomic mass is 32.2. The maximum Gasteiger partial charge on any atom is 0.307 e. The molecule has 5 nitrogen and oxygen atoms in total. The summed E-state index contributed by atoms with van der Waals surface area (Å²) in [5.41, 5.74) is 2.72. The van der Waals surface area contributed by atoms with Gasteiger partial charge in [0.2, 0.25) is 10.0 Å². The quantitative estimate of drug-likeness (QED) is 0.787. The number of aryl methyl sites for hydroxylation is 2. The van der Waals surface area contributed by atoms with Gasteiger partial charge in [-0.2, -0.15) is 0 Å². The van der Waals surface area contributed by atoms with Crippen LogP contribution < -0.4 is 9.60 Å². The topological polar surface area (TPSA) is 68.2 Å². The molecule has 2 aromatic carbocycles. The molecule has 0 radical (unpaired) electrons. The fourth-order valence-electron chi connectivity index (χ4n) is 2.37. The minimum absolute atomic E-state index is 0.109. The Morgan fingerprint density at radius 1 is 1.17 bits per heavy atom. The second-order valence-corrected chi connectivity index (χ2v) is 8.13. The summed E-state index contributed by atoms with van der Waals surface area (Å²) >= 11 is 1.04. The molecule has 0 fully saturated rings. The minimum Gasteiger partial charge on any atom is -0.302 e. The van der Waals surface area contributed by atoms with E-state index < -0.39 is 10.0 Å². The number of benzene rings is 2. The molecule has 3 aromatic rings. The highest BCUT2D eigenvalue weighted by Crippen LogP contribution is 2.21. The Balaban J connectivity index is 1.88. The zero-order valence-corrected chi connectivity index (χ0v) is 14.4. The Labute approximate surface area is 138 Å². The van der Waals surface area contributed by atoms with Gasteiger partial charge in [0.05, 0.1) is 15.1 Å². The van der Waals surface area contributed by atoms with Crippen molar-refractivity contribution in [3.05, 3.63) is 63.3 Å². The van der Waals surface area contributed by atoms with Gasteiger partial charge in [-0.05, 0) is 30.7 Å². The summed E-state index contributed by atoms with van der Waals surface area (Å²) in [4.78, 5) is 11.7. The monoisotopic (exact) mass is 348 g/mol. The number of aromatic nitrogens is 1. The number of nitrogens with zero attached hydrogens (tertiary/aromatic N) is 1. The van der Waals surface area contributed by atoms with Crippen molar-refractivity contribution in [2.75, 3.05) is 0 Å². The van der Waals surface area contributed by atoms with E-state index in [9.17, 15) is 13.2 Å². The lowest BCUT2D eigenvalue weighted by molar-refractivity contribution is 0.581. The van der Waals surface area contributed by atoms with E-state index in [0.29, 0.717) is 4.70 Å². The van der Waals surface area contributed by atoms with Crippen LogP contribution in [-0.2, 0) is 23.6 Å². The van der Waals surface area contributed by atoms with Gasteiger partial charge in [-0.25, -0.2) is 13.1 Å². The van der Waals surface area contributed by atoms with Gasteiger partial charge in [0.25, 0.3) is 0 Å². The van der Waals surface area contributed by atoms with Crippen molar-refractivity contribution in [2.45, 2.75) is 18.4 Å². The van der Waals surface area contributed by atoms with E-state index in [1.54, 1.807) is 19.2 Å². The van der Waals surface area contributed by atoms with Crippen molar-refractivity contribution in [1.82, 2.24) is 9.29 Å². The molecule has 3 rings (SSSR count). The van der Waals surface area contributed by atoms with Crippen molar-refractivity contribution in [3.8, 4) is 0 Å². The van der Waals surface area contributed by atoms with Gasteiger partial charge in [-0.1, -0.05) is 41.2 Å². The van der Waals surface area contributed by atoms with Gasteiger partial charge in [0.1, 0.15) is 0 Å². The summed E-state index contributed by atoms with van der Waals surface area (Å²) in [6.45, 7) is 2.19. The molecule has 0 aliphatic heterocycles. The Hall–Kier alpha value is -1.96. The highest BCUT2D eigenvalue weighted by molar-refractivity contribution is 7.89. The van der Waals surface area contributed by atoms with Crippen LogP contribution >= 0.6 is 11.3 Å². The number of hydrogen-bond donors (Lipinski definition) is 1. The van der Waals surface area contributed by atoms with Gasteiger partial charge in [-0.3, -0.25) is 4.79 Å². The Kier molecular flexibility index (Phi) is 4.09. The fraction of sp³-hybridized carbons (Fsp3) is 0.188. The maximum absolute atomic E-state index is 12.4. The third kappa shape index (κ3) is 3.21. The molecule has 0 spiro atoms. The fourth-order valence-corrected chi connectivity index (χ4v) is 4.40. The third-order valence-electron chi connectivity index (χ3n) is 3.62. The molecule has 0 bridgehead atoms. The predicted octanol–water partition coefficient (Wildman–Crippen LogP) is 2.39. The van der Waals surface area contributed by atoms with Crippen LogP contribution in [0.3, 0.4) is 0 Å². The molecule has 0 amide bonds. The second-order valence-electron chi connectivity index (χ2n) is 5.37. The largest absolute Gasteiger partial charge is 0.307 e. The normalized spacial score (nSPS) is 11.9. The van der Waals surface area contributed by atoms with Crippen molar-refractivity contribution in [1.29, 1.82) is 0 Å². The van der Waals surface area contributed by atoms with Crippen LogP contribution in [0.4, 0.5) is 0 Å². The molecular weight excluding hydrogens is 332 g/mol. The first-order valence-electron chi connectivity index (χ1n) is 7.01. The van der Waals surface area contributed by atoms with E-state index in [1.165, 1.54) is 10.6 Å². The van der Waals surface area contributed by atoms with Crippen LogP contribution in [0, 0.1) is 6.92 Å². The van der Waals surface area contributed by atoms with Crippen LogP contribution in [0.2, 0.25) is 0 Å². The number of fused-ring (bicyclic) bond motifs is 1. The van der Waals surface area contributed by atoms with E-state index in [1.807, 2.05) is 31.2 Å². The first kappa shape index (κ1) is 15.9. The van der Waals surface area contributed by atoms with Gasteiger partial charge >= 0.3 is 4.87 Å². The lowest BCUT2D eigenvalue weighted by Gasteiger charge is -2.08. The highest BCUT2D eigenvalue weighted by Gasteiger charge is 2.16. The molecule has 1 heterocycles. The standard InChI is InChI=1S/C16H16N2O3S2/c1-11-4-3-5-12(8-11)10-17-23(20,21)13-6-7-14-15(9-13)22-16(19)18(14)2/h3-9,17H,10H2,1-2H3. The molecule has 7 heteroatoms. The van der Waals surface area contributed by atoms with Gasteiger partial charge in [0.15, 0.2) is 0 Å². The molecular formula is C16H16N2O3S2. The molecule has 1 N–H and O–H groups in total. The van der Waals surface area contributed by atoms with Crippen molar-refractivity contribution in [2.24, 2.45) is 7.05 Å². The van der Waals surface area contributed by atoms with Crippen molar-refractivity contribution in [3.63, 3.8) is 0 Å². The molecule has 23 heavy (non-hydrogen) atoms. The van der Waals surface area contributed by atoms with Gasteiger partial charge in [-0.15, -0.1) is 0 Å². The summed E-state index contributed by atoms with van der Waals surface area (Å²) < 4.78 is 29.6. The van der Waals surface area contributed by atoms with Crippen molar-refractivity contribution >= 4 is 31.6 Å². The summed E-state index contributed by atoms with van der Waals surface area (Å²) in [5, 5.41) is 0. The molecule has 0 aliphatic rings. The Morgan fingerprint density at radius 3 is 2.70 bits per heavy atom. The molecule has 0 saturated carbocycles. The van der Waals surface area contributed by atoms with E-state index in [-0.39, 0.29) is 16.3 Å². The average Bonchev–Trinajstić information content (AvgIpc) is 2.80. The molecule has 1 aromatic heterocycles. The summed E-state index contributed by atoms with van der Waals surface area (Å²) in [6, 6.07) is 12.4. The first-order chi connectivity index (χ1) is 10.9. The molecule has 0 saturated heterocycles. The number of sulfonamides is 1. The smallest absolute Gasteiger partial charge is 0.302 e. The second kappa shape index (κ2) is 5.92. The zero-order valence-electron chi connectivity index (χ0n) is 12.7. The predicted molar refractivity (Wildman–Crippen MR) is 92.3 cm³/mol. The van der Waals surface area contributed by atoms with Crippen LogP contribution in [0.1, 0.15) is 11.1 Å². The SMILES string of the molecule is Cc1cccc(CNS(=O)(=O)c2ccc3c(c2)sc(=O)n3C)c1. The summed E-state index contributed by atoms with van der Waals surface area (Å²) in [7, 11) is -1.95. The summed E-state index contributed by atoms with van der Waals surface area (Å²) in [6.07, 6.45) is 0. The van der Waals surface area contributed by atoms with E-state index in [0.717, 1.165) is 28.0 Å². The molecule has 0 aliphatic carbocycles. The zero-order chi connectivity index (χ0) is 16.6. The Bertz CT molecular complexity index is 1030. The molecule has 0 unspecified atom stereocenters. The van der Waals surface area contributed by atoms with E-state index in [2.05, 4.69) is 4.72 Å². The van der Waals surface area contributed by atoms with Crippen LogP contribution in [0.5, 0.6) is 0 Å². The van der Waals surface area contributed by atoms with Gasteiger partial charge < -0.3 is 4.57 Å². The lowest BCUT2D eigenvalue weighted by Crippen LogP contribution is -2.23. The van der Waals surface area contributed by atoms with E-state index >= 15 is 0 Å². The lowest BCUT2D eigenvalue weighted by atomic mass is 10.1. The van der Waals surface area contributed by atoms with Crippen LogP contribution in [0.25, 0.3) is 10.2 Å². The van der Waals surface area contributed by atoms with E-state index in [4.69, 9.17) is 0 Å². The number of thiazole rings is 1. The van der Waals surface area contributed by atoms with Gasteiger partial charge in [0, 0.05) is 13.6 Å². The number of rotatable bonds is 4. The van der Waals surface area contributed by atoms with Crippen LogP contribution in [-0.4, -0.2) is 13.0 Å². The average molecular weight is 348 g/mol. The van der Waals surface area contributed by atoms with Crippen molar-refractivity contribution < 1.29 is 8.42 Å². The summed E-state index contributed by atoms with van der Waals surface area (Å²) in [5.74, 6) is 0. The minimum atomic E-state index is -3.62. The Morgan fingerprint density at radius 2 is 1.96 bits per heavy atom. The first-order valence-corrected chi connectivity index (χ1v) is 9.31. The maximum atomic E-state index is 12.4. The van der Waals surface area contributed by atoms with Crippen LogP contribution in [0.15, 0.2) is 52.2 Å². The third-order valence-corrected chi connectivity index (χ3v) is 6.02. The molecule has 120 valence electrons. The molecule has 0 atom stereocenters.